The summed E-state index contributed by atoms with van der Waals surface area (Å²) in [4.78, 5) is 7.05. The van der Waals surface area contributed by atoms with Crippen LogP contribution in [0.15, 0.2) is 4.99 Å². The molecule has 2 aliphatic rings. The lowest BCUT2D eigenvalue weighted by Gasteiger charge is -2.07. The van der Waals surface area contributed by atoms with Crippen LogP contribution in [-0.2, 0) is 0 Å². The number of nitrogens with zero attached hydrogens (tertiary/aromatic N) is 2. The summed E-state index contributed by atoms with van der Waals surface area (Å²) in [6.45, 7) is 4.53. The fraction of sp³-hybridized carbons (Fsp3) is 0.889. The third kappa shape index (κ3) is 2.38. The Morgan fingerprint density at radius 1 is 1.62 bits per heavy atom. The lowest BCUT2D eigenvalue weighted by molar-refractivity contribution is 0.411. The van der Waals surface area contributed by atoms with Gasteiger partial charge in [0, 0.05) is 18.3 Å². The maximum Gasteiger partial charge on any atom is 0.157 e. The second-order valence-corrected chi connectivity index (χ2v) is 5.00. The summed E-state index contributed by atoms with van der Waals surface area (Å²) in [5.74, 6) is 1.17. The number of amidine groups is 1. The van der Waals surface area contributed by atoms with Gasteiger partial charge in [0.05, 0.1) is 6.04 Å². The first kappa shape index (κ1) is 9.34. The van der Waals surface area contributed by atoms with Crippen LogP contribution < -0.4 is 5.32 Å². The average molecular weight is 199 g/mol. The highest BCUT2D eigenvalue weighted by atomic mass is 32.2. The van der Waals surface area contributed by atoms with Crippen molar-refractivity contribution in [2.45, 2.75) is 25.4 Å². The molecule has 0 aromatic rings. The van der Waals surface area contributed by atoms with Crippen molar-refractivity contribution in [2.75, 3.05) is 25.9 Å². The standard InChI is InChI=1S/C9H17N3S/c1-7-6-13-9(10-7)11-8-3-4-12(2)5-8/h7-8H,3-6H2,1-2H3,(H,10,11). The zero-order valence-corrected chi connectivity index (χ0v) is 9.10. The van der Waals surface area contributed by atoms with Crippen molar-refractivity contribution >= 4 is 16.9 Å². The summed E-state index contributed by atoms with van der Waals surface area (Å²) in [5.41, 5.74) is 0. The summed E-state index contributed by atoms with van der Waals surface area (Å²) in [7, 11) is 2.16. The number of likely N-dealkylation sites (N-methyl/N-ethyl adjacent to an activating group) is 1. The van der Waals surface area contributed by atoms with Gasteiger partial charge in [-0.25, -0.2) is 0 Å². The van der Waals surface area contributed by atoms with Crippen LogP contribution >= 0.6 is 11.8 Å². The Hall–Kier alpha value is -0.220. The summed E-state index contributed by atoms with van der Waals surface area (Å²) >= 11 is 1.86. The van der Waals surface area contributed by atoms with Gasteiger partial charge in [-0.1, -0.05) is 11.8 Å². The molecule has 1 N–H and O–H groups in total. The van der Waals surface area contributed by atoms with Gasteiger partial charge in [0.2, 0.25) is 0 Å². The van der Waals surface area contributed by atoms with E-state index in [1.165, 1.54) is 18.7 Å². The Morgan fingerprint density at radius 2 is 2.46 bits per heavy atom. The van der Waals surface area contributed by atoms with Crippen molar-refractivity contribution in [3.63, 3.8) is 0 Å². The van der Waals surface area contributed by atoms with Gasteiger partial charge in [0.1, 0.15) is 0 Å². The number of likely N-dealkylation sites (tertiary alicyclic amines) is 1. The molecule has 2 saturated heterocycles. The number of hydrogen-bond acceptors (Lipinski definition) is 3. The summed E-state index contributed by atoms with van der Waals surface area (Å²) in [6.07, 6.45) is 1.22. The van der Waals surface area contributed by atoms with Crippen LogP contribution in [0.25, 0.3) is 0 Å². The normalized spacial score (nSPS) is 38.5. The monoisotopic (exact) mass is 199 g/mol. The second kappa shape index (κ2) is 3.88. The Morgan fingerprint density at radius 3 is 3.00 bits per heavy atom. The predicted octanol–water partition coefficient (Wildman–Crippen LogP) is 0.771. The van der Waals surface area contributed by atoms with Crippen molar-refractivity contribution in [1.29, 1.82) is 0 Å². The molecule has 74 valence electrons. The minimum atomic E-state index is 0.533. The highest BCUT2D eigenvalue weighted by Crippen LogP contribution is 2.17. The average Bonchev–Trinajstić information content (AvgIpc) is 2.62. The van der Waals surface area contributed by atoms with E-state index in [0.29, 0.717) is 12.1 Å². The van der Waals surface area contributed by atoms with E-state index in [4.69, 9.17) is 4.99 Å². The van der Waals surface area contributed by atoms with Crippen molar-refractivity contribution in [3.05, 3.63) is 0 Å². The van der Waals surface area contributed by atoms with Crippen molar-refractivity contribution in [3.8, 4) is 0 Å². The Balaban J connectivity index is 1.89. The quantitative estimate of drug-likeness (QED) is 0.676. The van der Waals surface area contributed by atoms with Crippen LogP contribution in [0, 0.1) is 0 Å². The molecule has 0 aliphatic carbocycles. The molecular formula is C9H17N3S. The Kier molecular flexibility index (Phi) is 2.79. The number of aliphatic imine (C=N–C) groups is 1. The molecule has 2 unspecified atom stereocenters. The molecule has 0 saturated carbocycles. The second-order valence-electron chi connectivity index (χ2n) is 4.00. The van der Waals surface area contributed by atoms with Crippen molar-refractivity contribution < 1.29 is 0 Å². The van der Waals surface area contributed by atoms with Gasteiger partial charge < -0.3 is 10.2 Å². The molecule has 2 atom stereocenters. The molecule has 13 heavy (non-hydrogen) atoms. The molecule has 4 heteroatoms. The van der Waals surface area contributed by atoms with E-state index in [2.05, 4.69) is 24.2 Å². The molecule has 2 heterocycles. The van der Waals surface area contributed by atoms with Gasteiger partial charge in [-0.3, -0.25) is 4.99 Å². The molecule has 0 bridgehead atoms. The SMILES string of the molecule is CC1CSC(=NC2CCN(C)C2)N1. The van der Waals surface area contributed by atoms with Crippen molar-refractivity contribution in [2.24, 2.45) is 4.99 Å². The van der Waals surface area contributed by atoms with Gasteiger partial charge in [0.25, 0.3) is 0 Å². The van der Waals surface area contributed by atoms with Gasteiger partial charge in [-0.2, -0.15) is 0 Å². The van der Waals surface area contributed by atoms with Crippen molar-refractivity contribution in [1.82, 2.24) is 10.2 Å². The van der Waals surface area contributed by atoms with Crippen LogP contribution in [0.1, 0.15) is 13.3 Å². The zero-order chi connectivity index (χ0) is 9.26. The molecule has 0 amide bonds. The van der Waals surface area contributed by atoms with Gasteiger partial charge >= 0.3 is 0 Å². The largest absolute Gasteiger partial charge is 0.362 e. The Bertz CT molecular complexity index is 217. The van der Waals surface area contributed by atoms with Crippen LogP contribution in [0.4, 0.5) is 0 Å². The predicted molar refractivity (Wildman–Crippen MR) is 58.4 cm³/mol. The highest BCUT2D eigenvalue weighted by Gasteiger charge is 2.21. The van der Waals surface area contributed by atoms with E-state index < -0.39 is 0 Å². The van der Waals surface area contributed by atoms with E-state index in [-0.39, 0.29) is 0 Å². The molecule has 2 aliphatic heterocycles. The summed E-state index contributed by atoms with van der Waals surface area (Å²) < 4.78 is 0. The first-order chi connectivity index (χ1) is 6.24. The fourth-order valence-electron chi connectivity index (χ4n) is 1.76. The minimum absolute atomic E-state index is 0.533. The molecule has 0 aromatic heterocycles. The van der Waals surface area contributed by atoms with E-state index in [1.54, 1.807) is 0 Å². The lowest BCUT2D eigenvalue weighted by atomic mass is 10.3. The van der Waals surface area contributed by atoms with Crippen LogP contribution in [0.2, 0.25) is 0 Å². The minimum Gasteiger partial charge on any atom is -0.362 e. The van der Waals surface area contributed by atoms with Crippen LogP contribution in [-0.4, -0.2) is 48.0 Å². The van der Waals surface area contributed by atoms with Crippen LogP contribution in [0.5, 0.6) is 0 Å². The van der Waals surface area contributed by atoms with Gasteiger partial charge in [0.15, 0.2) is 5.17 Å². The third-order valence-electron chi connectivity index (χ3n) is 2.51. The number of nitrogens with one attached hydrogen (secondary N) is 1. The molecule has 0 radical (unpaired) electrons. The van der Waals surface area contributed by atoms with Gasteiger partial charge in [-0.05, 0) is 26.9 Å². The maximum absolute atomic E-state index is 4.70. The molecule has 2 fully saturated rings. The molecule has 0 aromatic carbocycles. The first-order valence-corrected chi connectivity index (χ1v) is 5.88. The highest BCUT2D eigenvalue weighted by molar-refractivity contribution is 8.14. The third-order valence-corrected chi connectivity index (χ3v) is 3.67. The summed E-state index contributed by atoms with van der Waals surface area (Å²) in [5, 5.41) is 4.55. The topological polar surface area (TPSA) is 27.6 Å². The molecular weight excluding hydrogens is 182 g/mol. The number of rotatable bonds is 1. The van der Waals surface area contributed by atoms with Gasteiger partial charge in [-0.15, -0.1) is 0 Å². The lowest BCUT2D eigenvalue weighted by Crippen LogP contribution is -2.25. The number of thioether (sulfide) groups is 1. The molecule has 2 rings (SSSR count). The molecule has 0 spiro atoms. The first-order valence-electron chi connectivity index (χ1n) is 4.90. The fourth-order valence-corrected chi connectivity index (χ4v) is 2.75. The van der Waals surface area contributed by atoms with Crippen LogP contribution in [0.3, 0.4) is 0 Å². The van der Waals surface area contributed by atoms with E-state index in [9.17, 15) is 0 Å². The zero-order valence-electron chi connectivity index (χ0n) is 8.29. The maximum atomic E-state index is 4.70. The van der Waals surface area contributed by atoms with E-state index in [0.717, 1.165) is 11.7 Å². The number of hydrogen-bond donors (Lipinski definition) is 1. The van der Waals surface area contributed by atoms with E-state index >= 15 is 0 Å². The smallest absolute Gasteiger partial charge is 0.157 e. The molecule has 3 nitrogen and oxygen atoms in total. The Labute approximate surface area is 84.0 Å². The summed E-state index contributed by atoms with van der Waals surface area (Å²) in [6, 6.07) is 1.13. The van der Waals surface area contributed by atoms with E-state index in [1.807, 2.05) is 11.8 Å².